The molecule has 5 rings (SSSR count). The van der Waals surface area contributed by atoms with Crippen LogP contribution in [0.5, 0.6) is 11.5 Å². The zero-order valence-electron chi connectivity index (χ0n) is 16.6. The van der Waals surface area contributed by atoms with Crippen LogP contribution in [0, 0.1) is 0 Å². The summed E-state index contributed by atoms with van der Waals surface area (Å²) in [5.74, 6) is 1.75. The third-order valence-electron chi connectivity index (χ3n) is 5.09. The molecule has 3 aromatic rings. The molecule has 154 valence electrons. The molecule has 0 radical (unpaired) electrons. The lowest BCUT2D eigenvalue weighted by molar-refractivity contribution is -0.115. The van der Waals surface area contributed by atoms with Gasteiger partial charge in [0.15, 0.2) is 11.5 Å². The normalized spacial score (nSPS) is 16.7. The van der Waals surface area contributed by atoms with Crippen molar-refractivity contribution in [3.8, 4) is 11.5 Å². The van der Waals surface area contributed by atoms with Crippen LogP contribution in [0.1, 0.15) is 22.6 Å². The summed E-state index contributed by atoms with van der Waals surface area (Å²) >= 11 is 1.45. The maximum absolute atomic E-state index is 12.7. The summed E-state index contributed by atoms with van der Waals surface area (Å²) in [5.41, 5.74) is 3.79. The highest BCUT2D eigenvalue weighted by Crippen LogP contribution is 2.34. The third-order valence-corrected chi connectivity index (χ3v) is 6.17. The van der Waals surface area contributed by atoms with E-state index in [1.165, 1.54) is 11.8 Å². The maximum atomic E-state index is 12.7. The van der Waals surface area contributed by atoms with Crippen molar-refractivity contribution in [3.63, 3.8) is 0 Å². The molecule has 0 spiro atoms. The number of carbonyl (C=O) groups is 1. The van der Waals surface area contributed by atoms with Crippen LogP contribution in [0.15, 0.2) is 83.3 Å². The molecule has 2 aliphatic rings. The largest absolute Gasteiger partial charge is 0.454 e. The van der Waals surface area contributed by atoms with Gasteiger partial charge in [0.1, 0.15) is 10.8 Å². The highest BCUT2D eigenvalue weighted by Gasteiger charge is 2.31. The molecule has 3 heterocycles. The third kappa shape index (κ3) is 4.22. The second kappa shape index (κ2) is 8.73. The van der Waals surface area contributed by atoms with E-state index in [0.717, 1.165) is 33.2 Å². The van der Waals surface area contributed by atoms with Crippen molar-refractivity contribution in [2.75, 3.05) is 12.5 Å². The maximum Gasteiger partial charge on any atom is 0.231 e. The number of hydrogen-bond acceptors (Lipinski definition) is 7. The monoisotopic (exact) mass is 429 g/mol. The van der Waals surface area contributed by atoms with Crippen LogP contribution in [-0.2, 0) is 11.2 Å². The number of hydrogen-bond donors (Lipinski definition) is 0. The minimum Gasteiger partial charge on any atom is -0.454 e. The number of aromatic nitrogens is 1. The van der Waals surface area contributed by atoms with Crippen molar-refractivity contribution in [3.05, 3.63) is 89.7 Å². The Bertz CT molecular complexity index is 1160. The summed E-state index contributed by atoms with van der Waals surface area (Å²) in [7, 11) is 0. The summed E-state index contributed by atoms with van der Waals surface area (Å²) < 4.78 is 10.7. The molecule has 31 heavy (non-hydrogen) atoms. The van der Waals surface area contributed by atoms with Crippen LogP contribution in [0.25, 0.3) is 0 Å². The summed E-state index contributed by atoms with van der Waals surface area (Å²) in [6, 6.07) is 19.6. The van der Waals surface area contributed by atoms with Gasteiger partial charge in [0.25, 0.3) is 0 Å². The first-order valence-electron chi connectivity index (χ1n) is 9.92. The van der Waals surface area contributed by atoms with Crippen molar-refractivity contribution < 1.29 is 14.3 Å². The van der Waals surface area contributed by atoms with Crippen molar-refractivity contribution in [2.24, 2.45) is 10.2 Å². The first-order valence-corrected chi connectivity index (χ1v) is 10.9. The Labute approximate surface area is 184 Å². The summed E-state index contributed by atoms with van der Waals surface area (Å²) in [6.45, 7) is 0.225. The van der Waals surface area contributed by atoms with Crippen molar-refractivity contribution in [2.45, 2.75) is 12.3 Å². The van der Waals surface area contributed by atoms with E-state index in [9.17, 15) is 4.79 Å². The minimum atomic E-state index is -0.103. The lowest BCUT2D eigenvalue weighted by Crippen LogP contribution is -2.19. The molecule has 0 amide bonds. The molecular weight excluding hydrogens is 410 g/mol. The lowest BCUT2D eigenvalue weighted by Gasteiger charge is -2.15. The van der Waals surface area contributed by atoms with Gasteiger partial charge in [0.2, 0.25) is 6.79 Å². The Morgan fingerprint density at radius 1 is 1.00 bits per heavy atom. The molecule has 7 heteroatoms. The molecule has 1 unspecified atom stereocenters. The molecule has 2 aliphatic heterocycles. The number of nitrogens with zero attached hydrogens (tertiary/aromatic N) is 3. The average Bonchev–Trinajstić information content (AvgIpc) is 3.45. The molecule has 0 fully saturated rings. The number of thioether (sulfide) groups is 1. The van der Waals surface area contributed by atoms with Gasteiger partial charge < -0.3 is 9.47 Å². The Kier molecular flexibility index (Phi) is 5.50. The smallest absolute Gasteiger partial charge is 0.231 e. The van der Waals surface area contributed by atoms with E-state index < -0.39 is 0 Å². The number of benzene rings is 2. The second-order valence-corrected chi connectivity index (χ2v) is 8.20. The number of fused-ring (bicyclic) bond motifs is 1. The van der Waals surface area contributed by atoms with Gasteiger partial charge in [-0.25, -0.2) is 0 Å². The highest BCUT2D eigenvalue weighted by atomic mass is 32.2. The summed E-state index contributed by atoms with van der Waals surface area (Å²) in [4.78, 5) is 16.9. The predicted octanol–water partition coefficient (Wildman–Crippen LogP) is 4.26. The number of ketones is 1. The molecule has 0 bridgehead atoms. The number of rotatable bonds is 6. The summed E-state index contributed by atoms with van der Waals surface area (Å²) in [6.07, 6.45) is 3.87. The number of Topliss-reactive ketones (excluding diaryl/α,β-unsaturated/α-hetero) is 1. The van der Waals surface area contributed by atoms with Crippen molar-refractivity contribution in [1.29, 1.82) is 0 Å². The Morgan fingerprint density at radius 2 is 1.87 bits per heavy atom. The van der Waals surface area contributed by atoms with Gasteiger partial charge >= 0.3 is 0 Å². The van der Waals surface area contributed by atoms with Crippen molar-refractivity contribution >= 4 is 28.3 Å². The fourth-order valence-electron chi connectivity index (χ4n) is 3.62. The molecular formula is C24H19N3O3S. The Balaban J connectivity index is 1.29. The first kappa shape index (κ1) is 19.5. The molecule has 2 aromatic carbocycles. The average molecular weight is 430 g/mol. The van der Waals surface area contributed by atoms with Crippen LogP contribution >= 0.6 is 11.8 Å². The molecule has 6 nitrogen and oxygen atoms in total. The van der Waals surface area contributed by atoms with Gasteiger partial charge in [-0.05, 0) is 35.4 Å². The lowest BCUT2D eigenvalue weighted by atomic mass is 9.92. The molecule has 0 aliphatic carbocycles. The Hall–Kier alpha value is -3.45. The minimum absolute atomic E-state index is 0.103. The van der Waals surface area contributed by atoms with Crippen LogP contribution < -0.4 is 9.47 Å². The van der Waals surface area contributed by atoms with Crippen LogP contribution in [-0.4, -0.2) is 34.1 Å². The first-order chi connectivity index (χ1) is 15.3. The fourth-order valence-corrected chi connectivity index (χ4v) is 4.54. The van der Waals surface area contributed by atoms with Crippen molar-refractivity contribution in [1.82, 2.24) is 4.98 Å². The van der Waals surface area contributed by atoms with E-state index in [1.54, 1.807) is 12.4 Å². The second-order valence-electron chi connectivity index (χ2n) is 7.20. The number of carbonyl (C=O) groups excluding carboxylic acids is 1. The van der Waals surface area contributed by atoms with Gasteiger partial charge in [-0.1, -0.05) is 36.4 Å². The van der Waals surface area contributed by atoms with E-state index in [4.69, 9.17) is 9.47 Å². The zero-order chi connectivity index (χ0) is 21.0. The zero-order valence-corrected chi connectivity index (χ0v) is 17.4. The van der Waals surface area contributed by atoms with E-state index in [0.29, 0.717) is 17.9 Å². The SMILES string of the molecule is O=C(CSC1=NN=C(c2cccnc2)C1c1ccccc1)Cc1ccc2c(c1)OCO2. The van der Waals surface area contributed by atoms with E-state index in [2.05, 4.69) is 27.3 Å². The highest BCUT2D eigenvalue weighted by molar-refractivity contribution is 8.14. The molecule has 0 N–H and O–H groups in total. The van der Waals surface area contributed by atoms with E-state index >= 15 is 0 Å². The van der Waals surface area contributed by atoms with Crippen LogP contribution in [0.3, 0.4) is 0 Å². The summed E-state index contributed by atoms with van der Waals surface area (Å²) in [5, 5.41) is 9.70. The van der Waals surface area contributed by atoms with Gasteiger partial charge in [-0.15, -0.1) is 16.9 Å². The number of ether oxygens (including phenoxy) is 2. The standard InChI is InChI=1S/C24H19N3O3S/c28-19(11-16-8-9-20-21(12-16)30-15-29-20)14-31-24-22(17-5-2-1-3-6-17)23(26-27-24)18-7-4-10-25-13-18/h1-10,12-13,22H,11,14-15H2. The molecule has 0 saturated heterocycles. The van der Waals surface area contributed by atoms with Gasteiger partial charge in [-0.3, -0.25) is 9.78 Å². The van der Waals surface area contributed by atoms with E-state index in [-0.39, 0.29) is 18.5 Å². The molecule has 1 atom stereocenters. The topological polar surface area (TPSA) is 73.1 Å². The number of pyridine rings is 1. The van der Waals surface area contributed by atoms with Gasteiger partial charge in [-0.2, -0.15) is 5.10 Å². The molecule has 1 aromatic heterocycles. The van der Waals surface area contributed by atoms with Gasteiger partial charge in [0.05, 0.1) is 17.4 Å². The fraction of sp³-hybridized carbons (Fsp3) is 0.167. The van der Waals surface area contributed by atoms with Crippen LogP contribution in [0.4, 0.5) is 0 Å². The predicted molar refractivity (Wildman–Crippen MR) is 121 cm³/mol. The van der Waals surface area contributed by atoms with Crippen LogP contribution in [0.2, 0.25) is 0 Å². The van der Waals surface area contributed by atoms with E-state index in [1.807, 2.05) is 48.5 Å². The van der Waals surface area contributed by atoms with Gasteiger partial charge in [0, 0.05) is 24.4 Å². The quantitative estimate of drug-likeness (QED) is 0.586. The molecule has 0 saturated carbocycles. The Morgan fingerprint density at radius 3 is 2.71 bits per heavy atom.